The van der Waals surface area contributed by atoms with Crippen LogP contribution in [0.4, 0.5) is 0 Å². The number of halogens is 1. The predicted octanol–water partition coefficient (Wildman–Crippen LogP) is 2.69. The summed E-state index contributed by atoms with van der Waals surface area (Å²) in [6, 6.07) is 6.80. The molecule has 6 nitrogen and oxygen atoms in total. The van der Waals surface area contributed by atoms with Gasteiger partial charge in [-0.05, 0) is 62.1 Å². The van der Waals surface area contributed by atoms with Gasteiger partial charge < -0.3 is 11.1 Å². The van der Waals surface area contributed by atoms with Crippen molar-refractivity contribution in [3.05, 3.63) is 29.8 Å². The van der Waals surface area contributed by atoms with E-state index in [2.05, 4.69) is 5.32 Å². The SMILES string of the molecule is CC(NC(=O)C1CC2CCCC(C1)C2N)c1cccc(S(=O)(=O)N(C)C)c1.Cl. The Morgan fingerprint density at radius 3 is 2.39 bits per heavy atom. The van der Waals surface area contributed by atoms with Gasteiger partial charge in [-0.1, -0.05) is 18.6 Å². The summed E-state index contributed by atoms with van der Waals surface area (Å²) in [7, 11) is -0.468. The van der Waals surface area contributed by atoms with Gasteiger partial charge in [-0.25, -0.2) is 12.7 Å². The lowest BCUT2D eigenvalue weighted by Crippen LogP contribution is -2.49. The largest absolute Gasteiger partial charge is 0.349 e. The molecule has 1 amide bonds. The molecule has 1 aromatic rings. The third-order valence-electron chi connectivity index (χ3n) is 6.28. The summed E-state index contributed by atoms with van der Waals surface area (Å²) < 4.78 is 25.9. The third kappa shape index (κ3) is 4.70. The molecule has 158 valence electrons. The Balaban J connectivity index is 0.00000280. The van der Waals surface area contributed by atoms with E-state index < -0.39 is 10.0 Å². The zero-order chi connectivity index (χ0) is 19.8. The number of carbonyl (C=O) groups excluding carboxylic acids is 1. The zero-order valence-corrected chi connectivity index (χ0v) is 18.4. The molecule has 2 bridgehead atoms. The van der Waals surface area contributed by atoms with Gasteiger partial charge in [-0.3, -0.25) is 4.79 Å². The van der Waals surface area contributed by atoms with Gasteiger partial charge in [0, 0.05) is 26.1 Å². The zero-order valence-electron chi connectivity index (χ0n) is 16.8. The van der Waals surface area contributed by atoms with E-state index in [0.717, 1.165) is 31.2 Å². The molecule has 8 heteroatoms. The van der Waals surface area contributed by atoms with Crippen LogP contribution in [-0.2, 0) is 14.8 Å². The number of hydrogen-bond acceptors (Lipinski definition) is 4. The second-order valence-corrected chi connectivity index (χ2v) is 10.4. The van der Waals surface area contributed by atoms with Crippen LogP contribution in [0.15, 0.2) is 29.2 Å². The quantitative estimate of drug-likeness (QED) is 0.752. The minimum absolute atomic E-state index is 0. The molecule has 0 aromatic heterocycles. The number of benzene rings is 1. The standard InChI is InChI=1S/C20H31N3O3S.ClH/c1-13(14-6-5-9-18(12-14)27(25,26)23(2)3)22-20(24)17-10-15-7-4-8-16(11-17)19(15)21;/h5-6,9,12-13,15-17,19H,4,7-8,10-11,21H2,1-3H3,(H,22,24);1H. The molecule has 3 N–H and O–H groups in total. The Morgan fingerprint density at radius 2 is 1.82 bits per heavy atom. The van der Waals surface area contributed by atoms with E-state index in [1.807, 2.05) is 13.0 Å². The van der Waals surface area contributed by atoms with Crippen LogP contribution in [-0.4, -0.2) is 38.8 Å². The van der Waals surface area contributed by atoms with Gasteiger partial charge in [0.05, 0.1) is 10.9 Å². The minimum atomic E-state index is -3.49. The summed E-state index contributed by atoms with van der Waals surface area (Å²) in [6.45, 7) is 1.90. The molecule has 2 fully saturated rings. The van der Waals surface area contributed by atoms with Crippen LogP contribution in [0.25, 0.3) is 0 Å². The topological polar surface area (TPSA) is 92.5 Å². The summed E-state index contributed by atoms with van der Waals surface area (Å²) >= 11 is 0. The number of fused-ring (bicyclic) bond motifs is 2. The summed E-state index contributed by atoms with van der Waals surface area (Å²) in [5, 5.41) is 3.09. The number of amides is 1. The van der Waals surface area contributed by atoms with Crippen LogP contribution < -0.4 is 11.1 Å². The Bertz CT molecular complexity index is 786. The lowest BCUT2D eigenvalue weighted by Gasteiger charge is -2.43. The number of sulfonamides is 1. The first-order valence-electron chi connectivity index (χ1n) is 9.78. The molecule has 0 aliphatic heterocycles. The predicted molar refractivity (Wildman–Crippen MR) is 113 cm³/mol. The molecule has 1 aromatic carbocycles. The molecular formula is C20H32ClN3O3S. The monoisotopic (exact) mass is 429 g/mol. The molecule has 2 aliphatic rings. The van der Waals surface area contributed by atoms with E-state index >= 15 is 0 Å². The van der Waals surface area contributed by atoms with Crippen molar-refractivity contribution in [2.75, 3.05) is 14.1 Å². The number of carbonyl (C=O) groups is 1. The van der Waals surface area contributed by atoms with E-state index in [9.17, 15) is 13.2 Å². The van der Waals surface area contributed by atoms with Crippen LogP contribution >= 0.6 is 12.4 Å². The Hall–Kier alpha value is -1.15. The van der Waals surface area contributed by atoms with Crippen LogP contribution in [0.1, 0.15) is 50.6 Å². The molecule has 3 rings (SSSR count). The smallest absolute Gasteiger partial charge is 0.242 e. The summed E-state index contributed by atoms with van der Waals surface area (Å²) in [4.78, 5) is 13.1. The molecule has 3 unspecified atom stereocenters. The lowest BCUT2D eigenvalue weighted by atomic mass is 9.65. The second kappa shape index (κ2) is 9.11. The van der Waals surface area contributed by atoms with E-state index in [-0.39, 0.29) is 41.2 Å². The maximum absolute atomic E-state index is 12.8. The third-order valence-corrected chi connectivity index (χ3v) is 8.09. The molecule has 2 saturated carbocycles. The first-order chi connectivity index (χ1) is 12.7. The Morgan fingerprint density at radius 1 is 1.21 bits per heavy atom. The summed E-state index contributed by atoms with van der Waals surface area (Å²) in [5.74, 6) is 0.984. The maximum Gasteiger partial charge on any atom is 0.242 e. The van der Waals surface area contributed by atoms with Crippen LogP contribution in [0.3, 0.4) is 0 Å². The van der Waals surface area contributed by atoms with Crippen LogP contribution in [0.5, 0.6) is 0 Å². The second-order valence-electron chi connectivity index (χ2n) is 8.29. The maximum atomic E-state index is 12.8. The van der Waals surface area contributed by atoms with E-state index in [0.29, 0.717) is 11.8 Å². The van der Waals surface area contributed by atoms with Crippen molar-refractivity contribution >= 4 is 28.3 Å². The molecule has 28 heavy (non-hydrogen) atoms. The van der Waals surface area contributed by atoms with Crippen molar-refractivity contribution in [2.24, 2.45) is 23.5 Å². The average Bonchev–Trinajstić information content (AvgIpc) is 2.61. The fourth-order valence-electron chi connectivity index (χ4n) is 4.57. The fourth-order valence-corrected chi connectivity index (χ4v) is 5.53. The van der Waals surface area contributed by atoms with Crippen molar-refractivity contribution in [3.8, 4) is 0 Å². The lowest BCUT2D eigenvalue weighted by molar-refractivity contribution is -0.128. The fraction of sp³-hybridized carbons (Fsp3) is 0.650. The number of nitrogens with zero attached hydrogens (tertiary/aromatic N) is 1. The van der Waals surface area contributed by atoms with Crippen molar-refractivity contribution in [1.82, 2.24) is 9.62 Å². The molecule has 0 heterocycles. The van der Waals surface area contributed by atoms with Gasteiger partial charge >= 0.3 is 0 Å². The van der Waals surface area contributed by atoms with Gasteiger partial charge in [-0.15, -0.1) is 12.4 Å². The van der Waals surface area contributed by atoms with Gasteiger partial charge in [0.15, 0.2) is 0 Å². The number of rotatable bonds is 5. The first kappa shape index (κ1) is 23.1. The molecule has 2 aliphatic carbocycles. The normalized spacial score (nSPS) is 28.3. The Kier molecular flexibility index (Phi) is 7.53. The van der Waals surface area contributed by atoms with E-state index in [4.69, 9.17) is 5.73 Å². The highest BCUT2D eigenvalue weighted by Gasteiger charge is 2.40. The van der Waals surface area contributed by atoms with Gasteiger partial charge in [0.1, 0.15) is 0 Å². The highest BCUT2D eigenvalue weighted by molar-refractivity contribution is 7.89. The molecule has 3 atom stereocenters. The minimum Gasteiger partial charge on any atom is -0.349 e. The van der Waals surface area contributed by atoms with Crippen LogP contribution in [0, 0.1) is 17.8 Å². The number of nitrogens with one attached hydrogen (secondary N) is 1. The van der Waals surface area contributed by atoms with Gasteiger partial charge in [0.2, 0.25) is 15.9 Å². The van der Waals surface area contributed by atoms with E-state index in [1.54, 1.807) is 18.2 Å². The molecule has 0 radical (unpaired) electrons. The highest BCUT2D eigenvalue weighted by Crippen LogP contribution is 2.42. The van der Waals surface area contributed by atoms with Crippen molar-refractivity contribution in [3.63, 3.8) is 0 Å². The number of nitrogens with two attached hydrogens (primary N) is 1. The Labute approximate surface area is 174 Å². The molecule has 0 saturated heterocycles. The van der Waals surface area contributed by atoms with Gasteiger partial charge in [0.25, 0.3) is 0 Å². The number of hydrogen-bond donors (Lipinski definition) is 2. The van der Waals surface area contributed by atoms with Crippen molar-refractivity contribution in [1.29, 1.82) is 0 Å². The summed E-state index contributed by atoms with van der Waals surface area (Å²) in [5.41, 5.74) is 7.12. The van der Waals surface area contributed by atoms with Crippen molar-refractivity contribution < 1.29 is 13.2 Å². The summed E-state index contributed by atoms with van der Waals surface area (Å²) in [6.07, 6.45) is 5.21. The van der Waals surface area contributed by atoms with Gasteiger partial charge in [-0.2, -0.15) is 0 Å². The molecular weight excluding hydrogens is 398 g/mol. The molecule has 0 spiro atoms. The van der Waals surface area contributed by atoms with Crippen LogP contribution in [0.2, 0.25) is 0 Å². The average molecular weight is 430 g/mol. The van der Waals surface area contributed by atoms with Crippen molar-refractivity contribution in [2.45, 2.75) is 56.0 Å². The highest BCUT2D eigenvalue weighted by atomic mass is 35.5. The van der Waals surface area contributed by atoms with E-state index in [1.165, 1.54) is 24.8 Å². The first-order valence-corrected chi connectivity index (χ1v) is 11.2.